The van der Waals surface area contributed by atoms with E-state index >= 15 is 0 Å². The molecule has 76 valence electrons. The van der Waals surface area contributed by atoms with Gasteiger partial charge in [-0.25, -0.2) is 9.78 Å². The molecule has 14 heavy (non-hydrogen) atoms. The molecule has 4 nitrogen and oxygen atoms in total. The van der Waals surface area contributed by atoms with Gasteiger partial charge in [-0.05, 0) is 12.0 Å². The smallest absolute Gasteiger partial charge is 0.434 e. The van der Waals surface area contributed by atoms with Gasteiger partial charge in [0.05, 0.1) is 6.61 Å². The van der Waals surface area contributed by atoms with Crippen molar-refractivity contribution >= 4 is 6.16 Å². The first-order chi connectivity index (χ1) is 6.68. The van der Waals surface area contributed by atoms with E-state index in [-0.39, 0.29) is 5.88 Å². The van der Waals surface area contributed by atoms with Crippen LogP contribution in [0.5, 0.6) is 5.88 Å². The van der Waals surface area contributed by atoms with E-state index in [1.54, 1.807) is 24.4 Å². The molecule has 4 heteroatoms. The molecule has 0 aliphatic carbocycles. The lowest BCUT2D eigenvalue weighted by Gasteiger charge is -2.06. The fourth-order valence-electron chi connectivity index (χ4n) is 0.757. The van der Waals surface area contributed by atoms with Crippen molar-refractivity contribution in [2.45, 2.75) is 13.8 Å². The molecular formula is C10H13NO3. The van der Waals surface area contributed by atoms with Crippen molar-refractivity contribution in [1.82, 2.24) is 4.98 Å². The molecule has 0 saturated carbocycles. The molecule has 0 saturated heterocycles. The number of carbonyl (C=O) groups excluding carboxylic acids is 1. The molecule has 0 bridgehead atoms. The highest BCUT2D eigenvalue weighted by atomic mass is 16.7. The molecule has 0 atom stereocenters. The van der Waals surface area contributed by atoms with Crippen LogP contribution in [0.25, 0.3) is 0 Å². The minimum Gasteiger partial charge on any atom is -0.434 e. The van der Waals surface area contributed by atoms with E-state index in [1.807, 2.05) is 13.8 Å². The van der Waals surface area contributed by atoms with Crippen LogP contribution in [0.3, 0.4) is 0 Å². The Hall–Kier alpha value is -1.58. The van der Waals surface area contributed by atoms with E-state index in [2.05, 4.69) is 4.98 Å². The quantitative estimate of drug-likeness (QED) is 0.694. The van der Waals surface area contributed by atoms with Crippen molar-refractivity contribution in [3.05, 3.63) is 24.4 Å². The Labute approximate surface area is 82.9 Å². The molecule has 1 heterocycles. The zero-order valence-electron chi connectivity index (χ0n) is 8.27. The third kappa shape index (κ3) is 3.89. The average molecular weight is 195 g/mol. The molecule has 1 rings (SSSR count). The van der Waals surface area contributed by atoms with Gasteiger partial charge in [0.15, 0.2) is 0 Å². The van der Waals surface area contributed by atoms with Crippen LogP contribution in [0.2, 0.25) is 0 Å². The summed E-state index contributed by atoms with van der Waals surface area (Å²) < 4.78 is 9.60. The highest BCUT2D eigenvalue weighted by Gasteiger charge is 2.06. The number of rotatable bonds is 3. The molecule has 0 N–H and O–H groups in total. The van der Waals surface area contributed by atoms with Crippen LogP contribution < -0.4 is 4.74 Å². The van der Waals surface area contributed by atoms with Crippen LogP contribution >= 0.6 is 0 Å². The highest BCUT2D eigenvalue weighted by molar-refractivity contribution is 5.62. The van der Waals surface area contributed by atoms with Crippen LogP contribution in [0.4, 0.5) is 4.79 Å². The van der Waals surface area contributed by atoms with E-state index in [4.69, 9.17) is 9.47 Å². The number of pyridine rings is 1. The summed E-state index contributed by atoms with van der Waals surface area (Å²) in [5, 5.41) is 0. The fourth-order valence-corrected chi connectivity index (χ4v) is 0.757. The summed E-state index contributed by atoms with van der Waals surface area (Å²) in [6, 6.07) is 5.07. The molecule has 0 fully saturated rings. The number of ether oxygens (including phenoxy) is 2. The van der Waals surface area contributed by atoms with Crippen molar-refractivity contribution in [3.63, 3.8) is 0 Å². The van der Waals surface area contributed by atoms with Gasteiger partial charge in [-0.3, -0.25) is 0 Å². The van der Waals surface area contributed by atoms with E-state index in [0.29, 0.717) is 12.5 Å². The topological polar surface area (TPSA) is 48.4 Å². The monoisotopic (exact) mass is 195 g/mol. The maximum absolute atomic E-state index is 11.0. The largest absolute Gasteiger partial charge is 0.515 e. The zero-order chi connectivity index (χ0) is 10.4. The first-order valence-corrected chi connectivity index (χ1v) is 4.44. The molecule has 0 aromatic carbocycles. The Morgan fingerprint density at radius 1 is 1.50 bits per heavy atom. The first kappa shape index (κ1) is 10.5. The summed E-state index contributed by atoms with van der Waals surface area (Å²) in [7, 11) is 0. The number of aromatic nitrogens is 1. The van der Waals surface area contributed by atoms with Gasteiger partial charge in [0.1, 0.15) is 0 Å². The number of hydrogen-bond acceptors (Lipinski definition) is 4. The summed E-state index contributed by atoms with van der Waals surface area (Å²) in [5.74, 6) is 0.549. The van der Waals surface area contributed by atoms with Crippen LogP contribution in [0.1, 0.15) is 13.8 Å². The van der Waals surface area contributed by atoms with E-state index in [9.17, 15) is 4.79 Å². The normalized spacial score (nSPS) is 9.93. The number of carbonyl (C=O) groups is 1. The third-order valence-corrected chi connectivity index (χ3v) is 1.36. The second-order valence-corrected chi connectivity index (χ2v) is 3.22. The summed E-state index contributed by atoms with van der Waals surface area (Å²) >= 11 is 0. The maximum atomic E-state index is 11.0. The van der Waals surface area contributed by atoms with E-state index in [1.165, 1.54) is 0 Å². The Morgan fingerprint density at radius 3 is 2.86 bits per heavy atom. The van der Waals surface area contributed by atoms with Crippen molar-refractivity contribution in [2.24, 2.45) is 5.92 Å². The summed E-state index contributed by atoms with van der Waals surface area (Å²) in [5.41, 5.74) is 0. The molecule has 1 aromatic rings. The van der Waals surface area contributed by atoms with Gasteiger partial charge in [0.2, 0.25) is 5.88 Å². The van der Waals surface area contributed by atoms with Crippen LogP contribution in [0.15, 0.2) is 24.4 Å². The molecule has 0 spiro atoms. The van der Waals surface area contributed by atoms with Crippen molar-refractivity contribution < 1.29 is 14.3 Å². The molecule has 1 aromatic heterocycles. The SMILES string of the molecule is CC(C)COC(=O)Oc1ccccn1. The third-order valence-electron chi connectivity index (χ3n) is 1.36. The molecule has 0 aliphatic rings. The molecule has 0 radical (unpaired) electrons. The Kier molecular flexibility index (Phi) is 3.91. The van der Waals surface area contributed by atoms with Crippen LogP contribution in [-0.2, 0) is 4.74 Å². The number of nitrogens with zero attached hydrogens (tertiary/aromatic N) is 1. The summed E-state index contributed by atoms with van der Waals surface area (Å²) in [6.45, 7) is 4.26. The molecular weight excluding hydrogens is 182 g/mol. The highest BCUT2D eigenvalue weighted by Crippen LogP contribution is 2.04. The van der Waals surface area contributed by atoms with Crippen molar-refractivity contribution in [1.29, 1.82) is 0 Å². The van der Waals surface area contributed by atoms with Gasteiger partial charge >= 0.3 is 6.16 Å². The lowest BCUT2D eigenvalue weighted by atomic mass is 10.2. The van der Waals surface area contributed by atoms with Gasteiger partial charge < -0.3 is 9.47 Å². The fraction of sp³-hybridized carbons (Fsp3) is 0.400. The Morgan fingerprint density at radius 2 is 2.29 bits per heavy atom. The van der Waals surface area contributed by atoms with Gasteiger partial charge in [-0.1, -0.05) is 19.9 Å². The van der Waals surface area contributed by atoms with Crippen molar-refractivity contribution in [2.75, 3.05) is 6.61 Å². The lowest BCUT2D eigenvalue weighted by molar-refractivity contribution is 0.0871. The minimum atomic E-state index is -0.711. The van der Waals surface area contributed by atoms with E-state index < -0.39 is 6.16 Å². The second kappa shape index (κ2) is 5.21. The number of hydrogen-bond donors (Lipinski definition) is 0. The van der Waals surface area contributed by atoms with Gasteiger partial charge in [0, 0.05) is 12.3 Å². The lowest BCUT2D eigenvalue weighted by Crippen LogP contribution is -2.14. The predicted molar refractivity (Wildman–Crippen MR) is 51.1 cm³/mol. The van der Waals surface area contributed by atoms with E-state index in [0.717, 1.165) is 0 Å². The molecule has 0 unspecified atom stereocenters. The average Bonchev–Trinajstić information content (AvgIpc) is 2.16. The Bertz CT molecular complexity index is 285. The van der Waals surface area contributed by atoms with Gasteiger partial charge in [0.25, 0.3) is 0 Å². The van der Waals surface area contributed by atoms with Gasteiger partial charge in [-0.15, -0.1) is 0 Å². The maximum Gasteiger partial charge on any atom is 0.515 e. The molecule has 0 amide bonds. The van der Waals surface area contributed by atoms with Crippen molar-refractivity contribution in [3.8, 4) is 5.88 Å². The Balaban J connectivity index is 2.35. The zero-order valence-corrected chi connectivity index (χ0v) is 8.27. The van der Waals surface area contributed by atoms with Crippen LogP contribution in [-0.4, -0.2) is 17.7 Å². The molecule has 0 aliphatic heterocycles. The standard InChI is InChI=1S/C10H13NO3/c1-8(2)7-13-10(12)14-9-5-3-4-6-11-9/h3-6,8H,7H2,1-2H3. The minimum absolute atomic E-state index is 0.251. The summed E-state index contributed by atoms with van der Waals surface area (Å²) in [6.07, 6.45) is 0.836. The van der Waals surface area contributed by atoms with Gasteiger partial charge in [-0.2, -0.15) is 0 Å². The summed E-state index contributed by atoms with van der Waals surface area (Å²) in [4.78, 5) is 14.9. The van der Waals surface area contributed by atoms with Crippen LogP contribution in [0, 0.1) is 5.92 Å². The first-order valence-electron chi connectivity index (χ1n) is 4.44. The second-order valence-electron chi connectivity index (χ2n) is 3.22. The predicted octanol–water partition coefficient (Wildman–Crippen LogP) is 2.25.